The van der Waals surface area contributed by atoms with Crippen molar-refractivity contribution >= 4 is 6.03 Å². The number of aliphatic hydroxyl groups excluding tert-OH is 1. The average Bonchev–Trinajstić information content (AvgIpc) is 2.33. The fraction of sp³-hybridized carbons (Fsp3) is 0.909. The van der Waals surface area contributed by atoms with Crippen LogP contribution in [0.15, 0.2) is 0 Å². The minimum absolute atomic E-state index is 0.0564. The molecular weight excluding hydrogens is 249 g/mol. The largest absolute Gasteiger partial charge is 0.405 e. The van der Waals surface area contributed by atoms with E-state index in [9.17, 15) is 18.0 Å². The molecule has 0 atom stereocenters. The summed E-state index contributed by atoms with van der Waals surface area (Å²) < 4.78 is 36.1. The fourth-order valence-corrected chi connectivity index (χ4v) is 2.23. The zero-order chi connectivity index (χ0) is 13.6. The summed E-state index contributed by atoms with van der Waals surface area (Å²) in [7, 11) is 0. The molecule has 4 nitrogen and oxygen atoms in total. The summed E-state index contributed by atoms with van der Waals surface area (Å²) in [4.78, 5) is 13.0. The first kappa shape index (κ1) is 15.1. The fourth-order valence-electron chi connectivity index (χ4n) is 2.23. The summed E-state index contributed by atoms with van der Waals surface area (Å²) in [5.41, 5.74) is 0. The van der Waals surface area contributed by atoms with Gasteiger partial charge in [0, 0.05) is 12.6 Å². The van der Waals surface area contributed by atoms with Crippen LogP contribution in [0.25, 0.3) is 0 Å². The van der Waals surface area contributed by atoms with Gasteiger partial charge in [-0.05, 0) is 12.8 Å². The van der Waals surface area contributed by atoms with E-state index in [1.165, 1.54) is 4.90 Å². The number of amides is 2. The molecule has 1 aliphatic carbocycles. The van der Waals surface area contributed by atoms with Gasteiger partial charge in [-0.25, -0.2) is 4.79 Å². The standard InChI is InChI=1S/C11H19F3N2O2/c12-11(13,14)8-15-10(18)16(6-7-17)9-4-2-1-3-5-9/h9,17H,1-8H2,(H,15,18). The van der Waals surface area contributed by atoms with Gasteiger partial charge in [-0.3, -0.25) is 0 Å². The van der Waals surface area contributed by atoms with E-state index in [0.717, 1.165) is 32.1 Å². The van der Waals surface area contributed by atoms with Crippen molar-refractivity contribution in [3.63, 3.8) is 0 Å². The molecule has 1 fully saturated rings. The number of nitrogens with one attached hydrogen (secondary N) is 1. The van der Waals surface area contributed by atoms with Crippen LogP contribution in [0.1, 0.15) is 32.1 Å². The minimum Gasteiger partial charge on any atom is -0.395 e. The Morgan fingerprint density at radius 2 is 1.89 bits per heavy atom. The van der Waals surface area contributed by atoms with E-state index >= 15 is 0 Å². The lowest BCUT2D eigenvalue weighted by Gasteiger charge is -2.34. The van der Waals surface area contributed by atoms with Crippen LogP contribution in [0.5, 0.6) is 0 Å². The minimum atomic E-state index is -4.41. The second-order valence-electron chi connectivity index (χ2n) is 4.48. The van der Waals surface area contributed by atoms with E-state index in [4.69, 9.17) is 5.11 Å². The highest BCUT2D eigenvalue weighted by Gasteiger charge is 2.30. The quantitative estimate of drug-likeness (QED) is 0.818. The Balaban J connectivity index is 2.51. The number of aliphatic hydroxyl groups is 1. The zero-order valence-corrected chi connectivity index (χ0v) is 10.2. The normalized spacial score (nSPS) is 17.6. The van der Waals surface area contributed by atoms with Crippen LogP contribution in [0, 0.1) is 0 Å². The van der Waals surface area contributed by atoms with Crippen molar-refractivity contribution in [1.82, 2.24) is 10.2 Å². The third-order valence-electron chi connectivity index (χ3n) is 3.06. The first-order valence-corrected chi connectivity index (χ1v) is 6.16. The van der Waals surface area contributed by atoms with Gasteiger partial charge >= 0.3 is 12.2 Å². The lowest BCUT2D eigenvalue weighted by atomic mass is 9.94. The molecule has 106 valence electrons. The van der Waals surface area contributed by atoms with Crippen LogP contribution in [0.4, 0.5) is 18.0 Å². The van der Waals surface area contributed by atoms with Crippen molar-refractivity contribution in [2.24, 2.45) is 0 Å². The lowest BCUT2D eigenvalue weighted by Crippen LogP contribution is -2.50. The molecule has 1 saturated carbocycles. The first-order valence-electron chi connectivity index (χ1n) is 6.16. The summed E-state index contributed by atoms with van der Waals surface area (Å²) in [6.45, 7) is -1.50. The average molecular weight is 268 g/mol. The third kappa shape index (κ3) is 5.12. The van der Waals surface area contributed by atoms with Gasteiger partial charge in [-0.2, -0.15) is 13.2 Å². The number of carbonyl (C=O) groups is 1. The second-order valence-corrected chi connectivity index (χ2v) is 4.48. The highest BCUT2D eigenvalue weighted by atomic mass is 19.4. The zero-order valence-electron chi connectivity index (χ0n) is 10.2. The van der Waals surface area contributed by atoms with Gasteiger partial charge < -0.3 is 15.3 Å². The van der Waals surface area contributed by atoms with Gasteiger partial charge in [0.1, 0.15) is 6.54 Å². The van der Waals surface area contributed by atoms with Crippen molar-refractivity contribution < 1.29 is 23.1 Å². The molecule has 0 bridgehead atoms. The molecule has 0 heterocycles. The Labute approximate surface area is 104 Å². The Hall–Kier alpha value is -0.980. The number of urea groups is 1. The highest BCUT2D eigenvalue weighted by Crippen LogP contribution is 2.22. The number of halogens is 3. The molecule has 0 aromatic heterocycles. The molecule has 2 N–H and O–H groups in total. The molecule has 1 aliphatic rings. The van der Waals surface area contributed by atoms with Crippen LogP contribution in [-0.4, -0.2) is 48.0 Å². The topological polar surface area (TPSA) is 52.6 Å². The summed E-state index contributed by atoms with van der Waals surface area (Å²) in [6, 6.07) is -0.799. The molecule has 1 rings (SSSR count). The first-order chi connectivity index (χ1) is 8.44. The summed E-state index contributed by atoms with van der Waals surface area (Å²) >= 11 is 0. The SMILES string of the molecule is O=C(NCC(F)(F)F)N(CCO)C1CCCCC1. The molecule has 0 aromatic carbocycles. The van der Waals surface area contributed by atoms with Gasteiger partial charge in [-0.1, -0.05) is 19.3 Å². The molecule has 7 heteroatoms. The van der Waals surface area contributed by atoms with E-state index in [1.54, 1.807) is 0 Å². The van der Waals surface area contributed by atoms with Crippen LogP contribution in [0.3, 0.4) is 0 Å². The summed E-state index contributed by atoms with van der Waals surface area (Å²) in [5.74, 6) is 0. The van der Waals surface area contributed by atoms with Crippen LogP contribution < -0.4 is 5.32 Å². The molecular formula is C11H19F3N2O2. The Morgan fingerprint density at radius 1 is 1.28 bits per heavy atom. The van der Waals surface area contributed by atoms with Crippen molar-refractivity contribution in [3.8, 4) is 0 Å². The molecule has 0 unspecified atom stereocenters. The maximum absolute atomic E-state index is 12.0. The van der Waals surface area contributed by atoms with Crippen LogP contribution >= 0.6 is 0 Å². The van der Waals surface area contributed by atoms with Crippen LogP contribution in [-0.2, 0) is 0 Å². The highest BCUT2D eigenvalue weighted by molar-refractivity contribution is 5.74. The number of alkyl halides is 3. The van der Waals surface area contributed by atoms with E-state index < -0.39 is 18.8 Å². The van der Waals surface area contributed by atoms with Gasteiger partial charge in [0.05, 0.1) is 6.61 Å². The van der Waals surface area contributed by atoms with E-state index in [2.05, 4.69) is 0 Å². The number of carbonyl (C=O) groups excluding carboxylic acids is 1. The smallest absolute Gasteiger partial charge is 0.395 e. The van der Waals surface area contributed by atoms with Crippen molar-refractivity contribution in [1.29, 1.82) is 0 Å². The number of rotatable bonds is 4. The molecule has 18 heavy (non-hydrogen) atoms. The maximum atomic E-state index is 12.0. The maximum Gasteiger partial charge on any atom is 0.405 e. The Kier molecular flexibility index (Phi) is 5.71. The molecule has 0 radical (unpaired) electrons. The lowest BCUT2D eigenvalue weighted by molar-refractivity contribution is -0.123. The Morgan fingerprint density at radius 3 is 2.39 bits per heavy atom. The van der Waals surface area contributed by atoms with E-state index in [-0.39, 0.29) is 19.2 Å². The van der Waals surface area contributed by atoms with Crippen molar-refractivity contribution in [2.45, 2.75) is 44.3 Å². The molecule has 0 spiro atoms. The predicted octanol–water partition coefficient (Wildman–Crippen LogP) is 1.89. The van der Waals surface area contributed by atoms with Gasteiger partial charge in [0.15, 0.2) is 0 Å². The number of nitrogens with zero attached hydrogens (tertiary/aromatic N) is 1. The van der Waals surface area contributed by atoms with Crippen LogP contribution in [0.2, 0.25) is 0 Å². The van der Waals surface area contributed by atoms with Gasteiger partial charge in [0.2, 0.25) is 0 Å². The number of hydrogen-bond donors (Lipinski definition) is 2. The van der Waals surface area contributed by atoms with Gasteiger partial charge in [-0.15, -0.1) is 0 Å². The molecule has 2 amide bonds. The monoisotopic (exact) mass is 268 g/mol. The van der Waals surface area contributed by atoms with Crippen molar-refractivity contribution in [3.05, 3.63) is 0 Å². The summed E-state index contributed by atoms with van der Waals surface area (Å²) in [5, 5.41) is 10.8. The predicted molar refractivity (Wildman–Crippen MR) is 60.1 cm³/mol. The van der Waals surface area contributed by atoms with Gasteiger partial charge in [0.25, 0.3) is 0 Å². The van der Waals surface area contributed by atoms with Crippen molar-refractivity contribution in [2.75, 3.05) is 19.7 Å². The number of hydrogen-bond acceptors (Lipinski definition) is 2. The third-order valence-corrected chi connectivity index (χ3v) is 3.06. The molecule has 0 aromatic rings. The summed E-state index contributed by atoms with van der Waals surface area (Å²) in [6.07, 6.45) is 0.206. The Bertz CT molecular complexity index is 266. The van der Waals surface area contributed by atoms with E-state index in [1.807, 2.05) is 5.32 Å². The second kappa shape index (κ2) is 6.82. The molecule has 0 aliphatic heterocycles. The van der Waals surface area contributed by atoms with E-state index in [0.29, 0.717) is 0 Å². The molecule has 0 saturated heterocycles.